The summed E-state index contributed by atoms with van der Waals surface area (Å²) in [5.41, 5.74) is 0.515. The highest BCUT2D eigenvalue weighted by Crippen LogP contribution is 2.32. The molecule has 0 aliphatic heterocycles. The third-order valence-electron chi connectivity index (χ3n) is 1.82. The van der Waals surface area contributed by atoms with Crippen LogP contribution in [0.15, 0.2) is 12.3 Å². The molecule has 0 bridgehead atoms. The van der Waals surface area contributed by atoms with E-state index in [1.54, 1.807) is 6.07 Å². The zero-order chi connectivity index (χ0) is 10.0. The van der Waals surface area contributed by atoms with Gasteiger partial charge in [-0.15, -0.1) is 0 Å². The van der Waals surface area contributed by atoms with Gasteiger partial charge in [-0.25, -0.2) is 4.98 Å². The lowest BCUT2D eigenvalue weighted by Gasteiger charge is -2.16. The Morgan fingerprint density at radius 1 is 1.38 bits per heavy atom. The Morgan fingerprint density at radius 2 is 2.00 bits per heavy atom. The van der Waals surface area contributed by atoms with Crippen LogP contribution in [0.1, 0.15) is 25.5 Å². The van der Waals surface area contributed by atoms with Crippen LogP contribution in [-0.4, -0.2) is 10.1 Å². The maximum absolute atomic E-state index is 9.75. The number of aromatic nitrogens is 1. The Hall–Kier alpha value is -0.310. The average Bonchev–Trinajstić information content (AvgIpc) is 2.03. The number of hydrogen-bond acceptors (Lipinski definition) is 2. The van der Waals surface area contributed by atoms with Crippen molar-refractivity contribution in [2.45, 2.75) is 20.0 Å². The molecule has 1 atom stereocenters. The number of rotatable bonds is 2. The Balaban J connectivity index is 3.12. The number of hydrogen-bond donors (Lipinski definition) is 1. The standard InChI is InChI=1S/C9H11Cl2NO/c1-5(2)8(13)7-6(10)3-4-12-9(7)11/h3-5,8,13H,1-2H3/t8-/m1/s1. The fourth-order valence-corrected chi connectivity index (χ4v) is 1.60. The predicted molar refractivity (Wildman–Crippen MR) is 54.1 cm³/mol. The van der Waals surface area contributed by atoms with E-state index in [1.807, 2.05) is 13.8 Å². The van der Waals surface area contributed by atoms with Crippen LogP contribution in [0.25, 0.3) is 0 Å². The third kappa shape index (κ3) is 2.33. The molecule has 0 unspecified atom stereocenters. The second-order valence-corrected chi connectivity index (χ2v) is 3.95. The van der Waals surface area contributed by atoms with Crippen LogP contribution in [0.4, 0.5) is 0 Å². The smallest absolute Gasteiger partial charge is 0.136 e. The van der Waals surface area contributed by atoms with E-state index < -0.39 is 6.10 Å². The van der Waals surface area contributed by atoms with E-state index in [2.05, 4.69) is 4.98 Å². The van der Waals surface area contributed by atoms with Crippen LogP contribution in [0.2, 0.25) is 10.2 Å². The van der Waals surface area contributed by atoms with Crippen molar-refractivity contribution in [3.8, 4) is 0 Å². The monoisotopic (exact) mass is 219 g/mol. The second-order valence-electron chi connectivity index (χ2n) is 3.19. The van der Waals surface area contributed by atoms with Gasteiger partial charge in [-0.05, 0) is 12.0 Å². The summed E-state index contributed by atoms with van der Waals surface area (Å²) in [4.78, 5) is 3.86. The molecule has 0 aromatic carbocycles. The first-order chi connectivity index (χ1) is 6.04. The van der Waals surface area contributed by atoms with Gasteiger partial charge in [0.15, 0.2) is 0 Å². The van der Waals surface area contributed by atoms with Gasteiger partial charge in [0.05, 0.1) is 11.1 Å². The van der Waals surface area contributed by atoms with Crippen LogP contribution in [0, 0.1) is 5.92 Å². The molecule has 13 heavy (non-hydrogen) atoms. The highest BCUT2D eigenvalue weighted by atomic mass is 35.5. The number of halogens is 2. The molecule has 1 rings (SSSR count). The molecule has 4 heteroatoms. The summed E-state index contributed by atoms with van der Waals surface area (Å²) in [6.07, 6.45) is 0.856. The minimum absolute atomic E-state index is 0.0687. The van der Waals surface area contributed by atoms with Crippen molar-refractivity contribution < 1.29 is 5.11 Å². The maximum Gasteiger partial charge on any atom is 0.136 e. The SMILES string of the molecule is CC(C)[C@@H](O)c1c(Cl)ccnc1Cl. The summed E-state index contributed by atoms with van der Waals surface area (Å²) < 4.78 is 0. The van der Waals surface area contributed by atoms with Gasteiger partial charge in [-0.1, -0.05) is 37.0 Å². The van der Waals surface area contributed by atoms with Crippen LogP contribution in [0.5, 0.6) is 0 Å². The van der Waals surface area contributed by atoms with Crippen LogP contribution >= 0.6 is 23.2 Å². The lowest BCUT2D eigenvalue weighted by molar-refractivity contribution is 0.127. The number of pyridine rings is 1. The molecule has 0 saturated carbocycles. The molecule has 0 aliphatic rings. The normalized spacial score (nSPS) is 13.4. The minimum atomic E-state index is -0.659. The first-order valence-corrected chi connectivity index (χ1v) is 4.77. The molecular formula is C9H11Cl2NO. The average molecular weight is 220 g/mol. The molecule has 0 radical (unpaired) electrons. The summed E-state index contributed by atoms with van der Waals surface area (Å²) in [7, 11) is 0. The number of nitrogens with zero attached hydrogens (tertiary/aromatic N) is 1. The van der Waals surface area contributed by atoms with Crippen LogP contribution < -0.4 is 0 Å². The first-order valence-electron chi connectivity index (χ1n) is 4.02. The Labute approximate surface area is 87.5 Å². The van der Waals surface area contributed by atoms with Crippen molar-refractivity contribution >= 4 is 23.2 Å². The lowest BCUT2D eigenvalue weighted by atomic mass is 10.0. The van der Waals surface area contributed by atoms with E-state index >= 15 is 0 Å². The van der Waals surface area contributed by atoms with E-state index in [4.69, 9.17) is 23.2 Å². The molecule has 0 amide bonds. The second kappa shape index (κ2) is 4.27. The van der Waals surface area contributed by atoms with Crippen molar-refractivity contribution in [1.29, 1.82) is 0 Å². The molecule has 2 nitrogen and oxygen atoms in total. The summed E-state index contributed by atoms with van der Waals surface area (Å²) >= 11 is 11.7. The molecular weight excluding hydrogens is 209 g/mol. The molecule has 72 valence electrons. The van der Waals surface area contributed by atoms with E-state index in [9.17, 15) is 5.11 Å². The molecule has 1 N–H and O–H groups in total. The highest BCUT2D eigenvalue weighted by Gasteiger charge is 2.19. The van der Waals surface area contributed by atoms with Crippen molar-refractivity contribution in [2.24, 2.45) is 5.92 Å². The van der Waals surface area contributed by atoms with Gasteiger partial charge in [0.25, 0.3) is 0 Å². The Bertz CT molecular complexity index is 281. The Morgan fingerprint density at radius 3 is 2.46 bits per heavy atom. The molecule has 1 aromatic heterocycles. The third-order valence-corrected chi connectivity index (χ3v) is 2.45. The van der Waals surface area contributed by atoms with Crippen molar-refractivity contribution in [3.05, 3.63) is 28.0 Å². The largest absolute Gasteiger partial charge is 0.388 e. The first kappa shape index (κ1) is 10.8. The predicted octanol–water partition coefficient (Wildman–Crippen LogP) is 3.08. The summed E-state index contributed by atoms with van der Waals surface area (Å²) in [5.74, 6) is 0.0687. The van der Waals surface area contributed by atoms with Gasteiger partial charge in [0.2, 0.25) is 0 Å². The summed E-state index contributed by atoms with van der Waals surface area (Å²) in [5, 5.41) is 10.5. The molecule has 0 saturated heterocycles. The molecule has 0 aliphatic carbocycles. The Kier molecular flexibility index (Phi) is 3.54. The molecule has 0 fully saturated rings. The quantitative estimate of drug-likeness (QED) is 0.777. The maximum atomic E-state index is 9.75. The zero-order valence-corrected chi connectivity index (χ0v) is 8.97. The molecule has 0 spiro atoms. The van der Waals surface area contributed by atoms with Crippen molar-refractivity contribution in [2.75, 3.05) is 0 Å². The van der Waals surface area contributed by atoms with Crippen LogP contribution in [0.3, 0.4) is 0 Å². The van der Waals surface area contributed by atoms with Gasteiger partial charge in [0.1, 0.15) is 5.15 Å². The van der Waals surface area contributed by atoms with Gasteiger partial charge in [-0.2, -0.15) is 0 Å². The van der Waals surface area contributed by atoms with Crippen molar-refractivity contribution in [3.63, 3.8) is 0 Å². The zero-order valence-electron chi connectivity index (χ0n) is 7.46. The number of aliphatic hydroxyl groups is 1. The topological polar surface area (TPSA) is 33.1 Å². The van der Waals surface area contributed by atoms with Crippen LogP contribution in [-0.2, 0) is 0 Å². The summed E-state index contributed by atoms with van der Waals surface area (Å²) in [6.45, 7) is 3.79. The van der Waals surface area contributed by atoms with Gasteiger partial charge >= 0.3 is 0 Å². The molecule has 1 aromatic rings. The fraction of sp³-hybridized carbons (Fsp3) is 0.444. The van der Waals surface area contributed by atoms with Gasteiger partial charge in [0, 0.05) is 11.8 Å². The summed E-state index contributed by atoms with van der Waals surface area (Å²) in [6, 6.07) is 1.62. The van der Waals surface area contributed by atoms with E-state index in [0.29, 0.717) is 10.6 Å². The van der Waals surface area contributed by atoms with E-state index in [1.165, 1.54) is 6.20 Å². The minimum Gasteiger partial charge on any atom is -0.388 e. The highest BCUT2D eigenvalue weighted by molar-refractivity contribution is 6.35. The van der Waals surface area contributed by atoms with Crippen molar-refractivity contribution in [1.82, 2.24) is 4.98 Å². The van der Waals surface area contributed by atoms with E-state index in [-0.39, 0.29) is 11.1 Å². The van der Waals surface area contributed by atoms with E-state index in [0.717, 1.165) is 0 Å². The van der Waals surface area contributed by atoms with Gasteiger partial charge < -0.3 is 5.11 Å². The number of aliphatic hydroxyl groups excluding tert-OH is 1. The molecule has 1 heterocycles. The fourth-order valence-electron chi connectivity index (χ4n) is 1.02. The lowest BCUT2D eigenvalue weighted by Crippen LogP contribution is -2.07. The van der Waals surface area contributed by atoms with Gasteiger partial charge in [-0.3, -0.25) is 0 Å².